The first-order valence-corrected chi connectivity index (χ1v) is 5.93. The van der Waals surface area contributed by atoms with E-state index in [0.717, 1.165) is 16.4 Å². The summed E-state index contributed by atoms with van der Waals surface area (Å²) >= 11 is 2.14. The van der Waals surface area contributed by atoms with E-state index < -0.39 is 0 Å². The van der Waals surface area contributed by atoms with E-state index in [1.54, 1.807) is 6.07 Å². The summed E-state index contributed by atoms with van der Waals surface area (Å²) in [4.78, 5) is 11.9. The van der Waals surface area contributed by atoms with Crippen LogP contribution in [0.4, 0.5) is 0 Å². The molecule has 0 saturated heterocycles. The minimum atomic E-state index is -0.337. The number of halogens is 1. The van der Waals surface area contributed by atoms with Crippen LogP contribution in [-0.2, 0) is 0 Å². The summed E-state index contributed by atoms with van der Waals surface area (Å²) < 4.78 is 0.932. The first kappa shape index (κ1) is 10.9. The second-order valence-corrected chi connectivity index (χ2v) is 5.03. The molecule has 80 valence electrons. The fourth-order valence-corrected chi connectivity index (χ4v) is 2.06. The van der Waals surface area contributed by atoms with E-state index in [1.807, 2.05) is 18.2 Å². The number of aliphatic hydroxyl groups excluding tert-OH is 1. The van der Waals surface area contributed by atoms with Gasteiger partial charge in [-0.1, -0.05) is 12.1 Å². The average molecular weight is 317 g/mol. The topological polar surface area (TPSA) is 49.3 Å². The van der Waals surface area contributed by atoms with Crippen LogP contribution in [0, 0.1) is 3.57 Å². The molecule has 0 spiro atoms. The van der Waals surface area contributed by atoms with Gasteiger partial charge < -0.3 is 10.4 Å². The molecule has 1 aliphatic rings. The van der Waals surface area contributed by atoms with Crippen molar-refractivity contribution in [1.82, 2.24) is 5.32 Å². The monoisotopic (exact) mass is 317 g/mol. The highest BCUT2D eigenvalue weighted by Crippen LogP contribution is 2.34. The number of amides is 1. The van der Waals surface area contributed by atoms with Gasteiger partial charge in [-0.2, -0.15) is 0 Å². The Hall–Kier alpha value is -0.620. The van der Waals surface area contributed by atoms with Crippen LogP contribution < -0.4 is 5.32 Å². The summed E-state index contributed by atoms with van der Waals surface area (Å²) in [7, 11) is 0. The van der Waals surface area contributed by atoms with Gasteiger partial charge in [0, 0.05) is 3.57 Å². The first-order valence-electron chi connectivity index (χ1n) is 4.85. The molecule has 0 radical (unpaired) electrons. The second-order valence-electron chi connectivity index (χ2n) is 3.87. The Morgan fingerprint density at radius 3 is 2.67 bits per heavy atom. The van der Waals surface area contributed by atoms with Crippen LogP contribution in [0.2, 0.25) is 0 Å². The highest BCUT2D eigenvalue weighted by atomic mass is 127. The zero-order valence-corrected chi connectivity index (χ0v) is 10.3. The van der Waals surface area contributed by atoms with Crippen LogP contribution in [0.15, 0.2) is 24.3 Å². The van der Waals surface area contributed by atoms with Crippen LogP contribution in [0.3, 0.4) is 0 Å². The Kier molecular flexibility index (Phi) is 2.97. The Balaban J connectivity index is 2.12. The zero-order chi connectivity index (χ0) is 10.9. The largest absolute Gasteiger partial charge is 0.394 e. The standard InChI is InChI=1S/C11H12INO2/c12-9-4-2-1-3-8(9)10(15)13-11(7-14)5-6-11/h1-4,14H,5-7H2,(H,13,15). The Morgan fingerprint density at radius 2 is 2.13 bits per heavy atom. The summed E-state index contributed by atoms with van der Waals surface area (Å²) in [6.07, 6.45) is 1.75. The van der Waals surface area contributed by atoms with Crippen molar-refractivity contribution in [3.63, 3.8) is 0 Å². The molecule has 0 atom stereocenters. The molecule has 0 aromatic heterocycles. The number of rotatable bonds is 3. The Labute approximate surface area is 102 Å². The van der Waals surface area contributed by atoms with Crippen molar-refractivity contribution in [2.75, 3.05) is 6.61 Å². The minimum absolute atomic E-state index is 0.0299. The van der Waals surface area contributed by atoms with E-state index >= 15 is 0 Å². The van der Waals surface area contributed by atoms with E-state index in [1.165, 1.54) is 0 Å². The van der Waals surface area contributed by atoms with Gasteiger partial charge in [0.2, 0.25) is 0 Å². The number of hydrogen-bond acceptors (Lipinski definition) is 2. The molecule has 2 rings (SSSR count). The SMILES string of the molecule is O=C(NC1(CO)CC1)c1ccccc1I. The number of hydrogen-bond donors (Lipinski definition) is 2. The second kappa shape index (κ2) is 4.09. The van der Waals surface area contributed by atoms with Crippen LogP contribution in [0.25, 0.3) is 0 Å². The summed E-state index contributed by atoms with van der Waals surface area (Å²) in [6, 6.07) is 7.44. The zero-order valence-electron chi connectivity index (χ0n) is 8.16. The third kappa shape index (κ3) is 2.31. The molecule has 1 saturated carbocycles. The molecule has 3 nitrogen and oxygen atoms in total. The van der Waals surface area contributed by atoms with Crippen molar-refractivity contribution in [2.24, 2.45) is 0 Å². The maximum absolute atomic E-state index is 11.9. The molecule has 0 aliphatic heterocycles. The molecule has 1 amide bonds. The first-order chi connectivity index (χ1) is 7.17. The maximum atomic E-state index is 11.9. The fraction of sp³-hybridized carbons (Fsp3) is 0.364. The lowest BCUT2D eigenvalue weighted by molar-refractivity contribution is 0.0906. The molecule has 15 heavy (non-hydrogen) atoms. The molecular weight excluding hydrogens is 305 g/mol. The Morgan fingerprint density at radius 1 is 1.47 bits per heavy atom. The van der Waals surface area contributed by atoms with Crippen LogP contribution in [-0.4, -0.2) is 23.2 Å². The van der Waals surface area contributed by atoms with Crippen molar-refractivity contribution in [3.05, 3.63) is 33.4 Å². The van der Waals surface area contributed by atoms with Gasteiger partial charge in [-0.05, 0) is 47.6 Å². The molecule has 1 aromatic rings. The average Bonchev–Trinajstić information content (AvgIpc) is 2.99. The van der Waals surface area contributed by atoms with Gasteiger partial charge in [0.1, 0.15) is 0 Å². The third-order valence-electron chi connectivity index (χ3n) is 2.65. The fourth-order valence-electron chi connectivity index (χ4n) is 1.43. The van der Waals surface area contributed by atoms with Gasteiger partial charge in [-0.3, -0.25) is 4.79 Å². The van der Waals surface area contributed by atoms with E-state index in [2.05, 4.69) is 27.9 Å². The van der Waals surface area contributed by atoms with Gasteiger partial charge in [0.05, 0.1) is 17.7 Å². The molecule has 1 aromatic carbocycles. The Bertz CT molecular complexity index is 388. The van der Waals surface area contributed by atoms with Crippen molar-refractivity contribution in [2.45, 2.75) is 18.4 Å². The maximum Gasteiger partial charge on any atom is 0.252 e. The van der Waals surface area contributed by atoms with Crippen molar-refractivity contribution in [3.8, 4) is 0 Å². The van der Waals surface area contributed by atoms with Crippen molar-refractivity contribution >= 4 is 28.5 Å². The third-order valence-corrected chi connectivity index (χ3v) is 3.59. The molecule has 2 N–H and O–H groups in total. The lowest BCUT2D eigenvalue weighted by Gasteiger charge is -2.14. The normalized spacial score (nSPS) is 17.2. The number of carbonyl (C=O) groups excluding carboxylic acids is 1. The van der Waals surface area contributed by atoms with Crippen LogP contribution in [0.1, 0.15) is 23.2 Å². The van der Waals surface area contributed by atoms with Gasteiger partial charge in [0.25, 0.3) is 5.91 Å². The van der Waals surface area contributed by atoms with Gasteiger partial charge in [0.15, 0.2) is 0 Å². The summed E-state index contributed by atoms with van der Waals surface area (Å²) in [5, 5.41) is 12.0. The molecule has 0 heterocycles. The van der Waals surface area contributed by atoms with Crippen molar-refractivity contribution < 1.29 is 9.90 Å². The summed E-state index contributed by atoms with van der Waals surface area (Å²) in [5.41, 5.74) is 0.341. The number of nitrogens with one attached hydrogen (secondary N) is 1. The van der Waals surface area contributed by atoms with Crippen LogP contribution >= 0.6 is 22.6 Å². The lowest BCUT2D eigenvalue weighted by atomic mass is 10.2. The van der Waals surface area contributed by atoms with Crippen LogP contribution in [0.5, 0.6) is 0 Å². The lowest BCUT2D eigenvalue weighted by Crippen LogP contribution is -2.39. The minimum Gasteiger partial charge on any atom is -0.394 e. The summed E-state index contributed by atoms with van der Waals surface area (Å²) in [6.45, 7) is 0.0299. The quantitative estimate of drug-likeness (QED) is 0.831. The van der Waals surface area contributed by atoms with Gasteiger partial charge in [-0.15, -0.1) is 0 Å². The number of carbonyl (C=O) groups is 1. The molecule has 0 bridgehead atoms. The molecule has 4 heteroatoms. The predicted molar refractivity (Wildman–Crippen MR) is 65.7 cm³/mol. The smallest absolute Gasteiger partial charge is 0.252 e. The van der Waals surface area contributed by atoms with Gasteiger partial charge >= 0.3 is 0 Å². The molecular formula is C11H12INO2. The molecule has 1 aliphatic carbocycles. The number of aliphatic hydroxyl groups is 1. The van der Waals surface area contributed by atoms with E-state index in [-0.39, 0.29) is 18.1 Å². The molecule has 0 unspecified atom stereocenters. The van der Waals surface area contributed by atoms with Gasteiger partial charge in [-0.25, -0.2) is 0 Å². The number of benzene rings is 1. The van der Waals surface area contributed by atoms with Crippen molar-refractivity contribution in [1.29, 1.82) is 0 Å². The highest BCUT2D eigenvalue weighted by Gasteiger charge is 2.43. The predicted octanol–water partition coefficient (Wildman–Crippen LogP) is 1.55. The van der Waals surface area contributed by atoms with E-state index in [4.69, 9.17) is 5.11 Å². The summed E-state index contributed by atoms with van der Waals surface area (Å²) in [5.74, 6) is -0.0912. The van der Waals surface area contributed by atoms with E-state index in [9.17, 15) is 4.79 Å². The van der Waals surface area contributed by atoms with E-state index in [0.29, 0.717) is 5.56 Å². The molecule has 1 fully saturated rings. The highest BCUT2D eigenvalue weighted by molar-refractivity contribution is 14.1.